The van der Waals surface area contributed by atoms with Gasteiger partial charge in [0.2, 0.25) is 0 Å². The summed E-state index contributed by atoms with van der Waals surface area (Å²) < 4.78 is 2.15. The van der Waals surface area contributed by atoms with E-state index in [0.29, 0.717) is 23.6 Å². The number of para-hydroxylation sites is 1. The number of hydrogen-bond donors (Lipinski definition) is 2. The largest absolute Gasteiger partial charge is 0.368 e. The predicted molar refractivity (Wildman–Crippen MR) is 110 cm³/mol. The maximum absolute atomic E-state index is 6.24. The third-order valence-electron chi connectivity index (χ3n) is 4.56. The van der Waals surface area contributed by atoms with E-state index < -0.39 is 0 Å². The summed E-state index contributed by atoms with van der Waals surface area (Å²) in [6.45, 7) is 0.662. The molecule has 0 bridgehead atoms. The summed E-state index contributed by atoms with van der Waals surface area (Å²) in [6.07, 6.45) is 3.83. The molecule has 3 aromatic heterocycles. The van der Waals surface area contributed by atoms with Crippen molar-refractivity contribution in [3.8, 4) is 5.69 Å². The first-order valence-electron chi connectivity index (χ1n) is 8.90. The Labute approximate surface area is 165 Å². The summed E-state index contributed by atoms with van der Waals surface area (Å²) in [6, 6.07) is 15.9. The minimum atomic E-state index is 0.642. The summed E-state index contributed by atoms with van der Waals surface area (Å²) in [4.78, 5) is 20.5. The van der Waals surface area contributed by atoms with Crippen LogP contribution in [0, 0.1) is 0 Å². The van der Waals surface area contributed by atoms with Crippen molar-refractivity contribution >= 4 is 39.6 Å². The molecule has 7 nitrogen and oxygen atoms in total. The number of hydrogen-bond acceptors (Lipinski definition) is 5. The van der Waals surface area contributed by atoms with Gasteiger partial charge in [-0.05, 0) is 30.3 Å². The minimum Gasteiger partial charge on any atom is -0.368 e. The van der Waals surface area contributed by atoms with Crippen molar-refractivity contribution in [3.05, 3.63) is 72.0 Å². The van der Waals surface area contributed by atoms with Gasteiger partial charge in [-0.3, -0.25) is 4.57 Å². The average Bonchev–Trinajstić information content (AvgIpc) is 3.33. The summed E-state index contributed by atoms with van der Waals surface area (Å²) >= 11 is 6.24. The van der Waals surface area contributed by atoms with Gasteiger partial charge in [-0.25, -0.2) is 19.9 Å². The first-order valence-corrected chi connectivity index (χ1v) is 9.27. The maximum Gasteiger partial charge on any atom is 0.182 e. The van der Waals surface area contributed by atoms with Crippen LogP contribution in [0.1, 0.15) is 5.82 Å². The highest BCUT2D eigenvalue weighted by Crippen LogP contribution is 2.25. The molecule has 8 heteroatoms. The van der Waals surface area contributed by atoms with Crippen LogP contribution in [0.4, 0.5) is 5.82 Å². The van der Waals surface area contributed by atoms with Crippen LogP contribution >= 0.6 is 11.6 Å². The second-order valence-corrected chi connectivity index (χ2v) is 6.77. The molecule has 28 heavy (non-hydrogen) atoms. The number of fused-ring (bicyclic) bond motifs is 2. The lowest BCUT2D eigenvalue weighted by Gasteiger charge is -2.10. The number of benzene rings is 2. The van der Waals surface area contributed by atoms with E-state index in [9.17, 15) is 0 Å². The van der Waals surface area contributed by atoms with Crippen LogP contribution in [0.15, 0.2) is 61.2 Å². The number of anilines is 1. The molecule has 0 aliphatic rings. The molecular formula is C20H16ClN7. The van der Waals surface area contributed by atoms with Gasteiger partial charge in [0, 0.05) is 23.7 Å². The van der Waals surface area contributed by atoms with Gasteiger partial charge in [-0.15, -0.1) is 0 Å². The standard InChI is InChI=1S/C20H16ClN7/c21-13-6-7-15-16(10-13)28(14-4-2-1-3-5-14)17(27-15)8-9-22-19-18-20(24-11-23-18)26-12-25-19/h1-7,10-12H,8-9H2,(H2,22,23,24,25,26). The number of imidazole rings is 2. The Hall–Kier alpha value is -3.45. The van der Waals surface area contributed by atoms with Crippen molar-refractivity contribution in [3.63, 3.8) is 0 Å². The fourth-order valence-corrected chi connectivity index (χ4v) is 3.49. The Kier molecular flexibility index (Phi) is 4.14. The quantitative estimate of drug-likeness (QED) is 0.474. The van der Waals surface area contributed by atoms with Gasteiger partial charge >= 0.3 is 0 Å². The molecule has 2 N–H and O–H groups in total. The number of aromatic nitrogens is 6. The van der Waals surface area contributed by atoms with Gasteiger partial charge < -0.3 is 10.3 Å². The first-order chi connectivity index (χ1) is 13.8. The molecular weight excluding hydrogens is 374 g/mol. The number of nitrogens with one attached hydrogen (secondary N) is 2. The van der Waals surface area contributed by atoms with Crippen molar-refractivity contribution in [2.45, 2.75) is 6.42 Å². The Morgan fingerprint density at radius 3 is 2.82 bits per heavy atom. The highest BCUT2D eigenvalue weighted by atomic mass is 35.5. The van der Waals surface area contributed by atoms with E-state index >= 15 is 0 Å². The molecule has 0 aliphatic heterocycles. The normalized spacial score (nSPS) is 11.3. The van der Waals surface area contributed by atoms with E-state index in [1.165, 1.54) is 6.33 Å². The fourth-order valence-electron chi connectivity index (χ4n) is 3.32. The van der Waals surface area contributed by atoms with Gasteiger partial charge in [0.1, 0.15) is 17.7 Å². The minimum absolute atomic E-state index is 0.642. The molecule has 2 aromatic carbocycles. The molecule has 0 fully saturated rings. The van der Waals surface area contributed by atoms with E-state index in [0.717, 1.165) is 33.9 Å². The predicted octanol–water partition coefficient (Wildman–Crippen LogP) is 4.00. The van der Waals surface area contributed by atoms with Crippen molar-refractivity contribution in [2.75, 3.05) is 11.9 Å². The highest BCUT2D eigenvalue weighted by Gasteiger charge is 2.13. The average molecular weight is 390 g/mol. The zero-order valence-corrected chi connectivity index (χ0v) is 15.6. The van der Waals surface area contributed by atoms with Crippen LogP contribution in [0.3, 0.4) is 0 Å². The molecule has 0 radical (unpaired) electrons. The van der Waals surface area contributed by atoms with Crippen LogP contribution in [-0.4, -0.2) is 36.0 Å². The Morgan fingerprint density at radius 1 is 1.04 bits per heavy atom. The van der Waals surface area contributed by atoms with Gasteiger partial charge in [0.25, 0.3) is 0 Å². The molecule has 0 aliphatic carbocycles. The van der Waals surface area contributed by atoms with Crippen LogP contribution in [0.25, 0.3) is 27.9 Å². The molecule has 138 valence electrons. The van der Waals surface area contributed by atoms with Crippen LogP contribution < -0.4 is 5.32 Å². The first kappa shape index (κ1) is 16.7. The summed E-state index contributed by atoms with van der Waals surface area (Å²) in [5.41, 5.74) is 4.41. The molecule has 5 rings (SSSR count). The van der Waals surface area contributed by atoms with Gasteiger partial charge in [-0.2, -0.15) is 0 Å². The zero-order chi connectivity index (χ0) is 18.9. The summed E-state index contributed by atoms with van der Waals surface area (Å²) in [5.74, 6) is 1.68. The maximum atomic E-state index is 6.24. The van der Waals surface area contributed by atoms with Crippen LogP contribution in [0.5, 0.6) is 0 Å². The Balaban J connectivity index is 1.48. The molecule has 3 heterocycles. The van der Waals surface area contributed by atoms with E-state index in [-0.39, 0.29) is 0 Å². The number of H-pyrrole nitrogens is 1. The lowest BCUT2D eigenvalue weighted by Crippen LogP contribution is -2.11. The van der Waals surface area contributed by atoms with Crippen molar-refractivity contribution in [2.24, 2.45) is 0 Å². The summed E-state index contributed by atoms with van der Waals surface area (Å²) in [5, 5.41) is 4.05. The van der Waals surface area contributed by atoms with E-state index in [1.54, 1.807) is 6.33 Å². The van der Waals surface area contributed by atoms with Crippen LogP contribution in [-0.2, 0) is 6.42 Å². The zero-order valence-electron chi connectivity index (χ0n) is 14.8. The van der Waals surface area contributed by atoms with Gasteiger partial charge in [-0.1, -0.05) is 29.8 Å². The van der Waals surface area contributed by atoms with E-state index in [2.05, 4.69) is 42.0 Å². The molecule has 0 atom stereocenters. The summed E-state index contributed by atoms with van der Waals surface area (Å²) in [7, 11) is 0. The highest BCUT2D eigenvalue weighted by molar-refractivity contribution is 6.31. The molecule has 0 saturated carbocycles. The van der Waals surface area contributed by atoms with Crippen molar-refractivity contribution in [1.82, 2.24) is 29.5 Å². The number of halogens is 1. The lowest BCUT2D eigenvalue weighted by atomic mass is 10.2. The SMILES string of the molecule is Clc1ccc2nc(CCNc3ncnc4nc[nH]c34)n(-c3ccccc3)c2c1. The van der Waals surface area contributed by atoms with E-state index in [1.807, 2.05) is 36.4 Å². The molecule has 0 unspecified atom stereocenters. The monoisotopic (exact) mass is 389 g/mol. The second kappa shape index (κ2) is 6.94. The third-order valence-corrected chi connectivity index (χ3v) is 4.80. The molecule has 5 aromatic rings. The topological polar surface area (TPSA) is 84.3 Å². The van der Waals surface area contributed by atoms with Gasteiger partial charge in [0.05, 0.1) is 17.4 Å². The number of aromatic amines is 1. The Bertz CT molecular complexity index is 1260. The number of rotatable bonds is 5. The number of nitrogens with zero attached hydrogens (tertiary/aromatic N) is 5. The van der Waals surface area contributed by atoms with E-state index in [4.69, 9.17) is 16.6 Å². The lowest BCUT2D eigenvalue weighted by molar-refractivity contribution is 0.868. The third kappa shape index (κ3) is 2.95. The molecule has 0 spiro atoms. The van der Waals surface area contributed by atoms with Crippen LogP contribution in [0.2, 0.25) is 5.02 Å². The molecule has 0 saturated heterocycles. The molecule has 0 amide bonds. The van der Waals surface area contributed by atoms with Gasteiger partial charge in [0.15, 0.2) is 11.5 Å². The van der Waals surface area contributed by atoms with Crippen molar-refractivity contribution in [1.29, 1.82) is 0 Å². The fraction of sp³-hybridized carbons (Fsp3) is 0.100. The van der Waals surface area contributed by atoms with Crippen molar-refractivity contribution < 1.29 is 0 Å². The second-order valence-electron chi connectivity index (χ2n) is 6.33. The Morgan fingerprint density at radius 2 is 1.93 bits per heavy atom. The smallest absolute Gasteiger partial charge is 0.182 e.